The molecule has 1 rings (SSSR count). The molecule has 0 radical (unpaired) electrons. The number of carbonyl (C=O) groups excluding carboxylic acids is 1. The lowest BCUT2D eigenvalue weighted by Gasteiger charge is -2.44. The molecule has 0 spiro atoms. The molecule has 0 bridgehead atoms. The standard InChI is InChI=1S/C26H53NOS/c1-9-13-16-17-19-25(5,18-14-10-2)24(28)23-21-29(7,8)22-27(23)26(6,12-4)20-15-11-3/h23H,9-22H2,1-8H3/t23-,25?,26?/m0/s1. The smallest absolute Gasteiger partial charge is 0.156 e. The minimum atomic E-state index is -0.713. The quantitative estimate of drug-likeness (QED) is 0.249. The zero-order valence-corrected chi connectivity index (χ0v) is 22.1. The Bertz CT molecular complexity index is 491. The minimum absolute atomic E-state index is 0.133. The Morgan fingerprint density at radius 1 is 0.862 bits per heavy atom. The highest BCUT2D eigenvalue weighted by Crippen LogP contribution is 2.53. The van der Waals surface area contributed by atoms with Gasteiger partial charge in [-0.05, 0) is 45.1 Å². The van der Waals surface area contributed by atoms with Crippen molar-refractivity contribution in [1.82, 2.24) is 4.90 Å². The molecule has 1 aliphatic rings. The number of Topliss-reactive ketones (excluding diaryl/α,β-unsaturated/α-hetero) is 1. The zero-order chi connectivity index (χ0) is 22.1. The van der Waals surface area contributed by atoms with Crippen molar-refractivity contribution in [3.8, 4) is 0 Å². The summed E-state index contributed by atoms with van der Waals surface area (Å²) in [6.45, 7) is 13.9. The summed E-state index contributed by atoms with van der Waals surface area (Å²) in [5.74, 6) is 2.85. The molecule has 1 heterocycles. The lowest BCUT2D eigenvalue weighted by Crippen LogP contribution is -2.54. The maximum atomic E-state index is 14.1. The highest BCUT2D eigenvalue weighted by molar-refractivity contribution is 8.32. The van der Waals surface area contributed by atoms with Gasteiger partial charge in [-0.1, -0.05) is 86.0 Å². The summed E-state index contributed by atoms with van der Waals surface area (Å²) in [6, 6.07) is 0.148. The van der Waals surface area contributed by atoms with Crippen LogP contribution < -0.4 is 0 Å². The molecule has 29 heavy (non-hydrogen) atoms. The SMILES string of the molecule is CCCCCCC(C)(CCCC)C(=O)[C@@H]1CS(C)(C)CN1C(C)(CC)CCCC. The van der Waals surface area contributed by atoms with Gasteiger partial charge in [0.15, 0.2) is 5.78 Å². The van der Waals surface area contributed by atoms with E-state index in [0.29, 0.717) is 5.78 Å². The number of hydrogen-bond donors (Lipinski definition) is 0. The molecule has 174 valence electrons. The van der Waals surface area contributed by atoms with Crippen LogP contribution in [0.5, 0.6) is 0 Å². The minimum Gasteiger partial charge on any atom is -0.297 e. The van der Waals surface area contributed by atoms with E-state index in [0.717, 1.165) is 30.9 Å². The van der Waals surface area contributed by atoms with Crippen LogP contribution in [-0.2, 0) is 4.79 Å². The molecule has 0 saturated carbocycles. The molecule has 0 amide bonds. The first-order chi connectivity index (χ1) is 13.6. The first kappa shape index (κ1) is 27.0. The Morgan fingerprint density at radius 2 is 1.41 bits per heavy atom. The third kappa shape index (κ3) is 7.56. The van der Waals surface area contributed by atoms with Gasteiger partial charge in [0.1, 0.15) is 0 Å². The van der Waals surface area contributed by atoms with Crippen LogP contribution in [0.1, 0.15) is 119 Å². The second kappa shape index (κ2) is 12.1. The van der Waals surface area contributed by atoms with Crippen LogP contribution in [0.4, 0.5) is 0 Å². The Morgan fingerprint density at radius 3 is 1.97 bits per heavy atom. The highest BCUT2D eigenvalue weighted by Gasteiger charge is 2.49. The molecular formula is C26H53NOS. The topological polar surface area (TPSA) is 20.3 Å². The summed E-state index contributed by atoms with van der Waals surface area (Å²) in [5, 5.41) is 0. The number of nitrogens with zero attached hydrogens (tertiary/aromatic N) is 1. The molecule has 1 fully saturated rings. The fraction of sp³-hybridized carbons (Fsp3) is 0.962. The van der Waals surface area contributed by atoms with Crippen molar-refractivity contribution in [3.05, 3.63) is 0 Å². The highest BCUT2D eigenvalue weighted by atomic mass is 32.3. The summed E-state index contributed by atoms with van der Waals surface area (Å²) in [7, 11) is -0.713. The number of carbonyl (C=O) groups is 1. The molecule has 0 N–H and O–H groups in total. The molecule has 0 aliphatic carbocycles. The van der Waals surface area contributed by atoms with Crippen molar-refractivity contribution in [2.45, 2.75) is 130 Å². The summed E-state index contributed by atoms with van der Waals surface area (Å²) in [6.07, 6.45) is 19.4. The van der Waals surface area contributed by atoms with Crippen molar-refractivity contribution in [3.63, 3.8) is 0 Å². The van der Waals surface area contributed by atoms with Crippen molar-refractivity contribution in [1.29, 1.82) is 0 Å². The molecule has 0 aromatic rings. The molecule has 0 aromatic heterocycles. The van der Waals surface area contributed by atoms with Gasteiger partial charge >= 0.3 is 0 Å². The lowest BCUT2D eigenvalue weighted by atomic mass is 9.73. The van der Waals surface area contributed by atoms with Gasteiger partial charge in [0, 0.05) is 22.6 Å². The maximum Gasteiger partial charge on any atom is 0.156 e. The first-order valence-corrected chi connectivity index (χ1v) is 15.4. The van der Waals surface area contributed by atoms with Gasteiger partial charge < -0.3 is 0 Å². The second-order valence-corrected chi connectivity index (χ2v) is 15.0. The van der Waals surface area contributed by atoms with Crippen LogP contribution in [0.25, 0.3) is 0 Å². The fourth-order valence-corrected chi connectivity index (χ4v) is 7.69. The van der Waals surface area contributed by atoms with Gasteiger partial charge in [-0.25, -0.2) is 10.0 Å². The molecule has 2 unspecified atom stereocenters. The Hall–Kier alpha value is -0.0200. The van der Waals surface area contributed by atoms with E-state index in [4.69, 9.17) is 0 Å². The summed E-state index contributed by atoms with van der Waals surface area (Å²) < 4.78 is 0. The average molecular weight is 428 g/mol. The van der Waals surface area contributed by atoms with E-state index >= 15 is 0 Å². The largest absolute Gasteiger partial charge is 0.297 e. The van der Waals surface area contributed by atoms with Crippen molar-refractivity contribution in [2.75, 3.05) is 24.1 Å². The van der Waals surface area contributed by atoms with E-state index in [1.165, 1.54) is 57.8 Å². The van der Waals surface area contributed by atoms with E-state index in [1.54, 1.807) is 0 Å². The molecule has 3 atom stereocenters. The third-order valence-corrected chi connectivity index (χ3v) is 9.75. The monoisotopic (exact) mass is 427 g/mol. The van der Waals surface area contributed by atoms with Crippen molar-refractivity contribution < 1.29 is 4.79 Å². The molecule has 2 nitrogen and oxygen atoms in total. The van der Waals surface area contributed by atoms with Gasteiger partial charge in [-0.2, -0.15) is 0 Å². The van der Waals surface area contributed by atoms with E-state index < -0.39 is 10.0 Å². The van der Waals surface area contributed by atoms with E-state index in [9.17, 15) is 4.79 Å². The van der Waals surface area contributed by atoms with Crippen molar-refractivity contribution in [2.24, 2.45) is 5.41 Å². The van der Waals surface area contributed by atoms with Crippen LogP contribution in [-0.4, -0.2) is 46.4 Å². The van der Waals surface area contributed by atoms with Crippen LogP contribution in [0.3, 0.4) is 0 Å². The van der Waals surface area contributed by atoms with Gasteiger partial charge in [-0.15, -0.1) is 0 Å². The third-order valence-electron chi connectivity index (χ3n) is 7.56. The molecule has 3 heteroatoms. The molecule has 1 saturated heterocycles. The van der Waals surface area contributed by atoms with E-state index in [-0.39, 0.29) is 17.0 Å². The summed E-state index contributed by atoms with van der Waals surface area (Å²) in [5.41, 5.74) is 0.0386. The molecular weight excluding hydrogens is 374 g/mol. The average Bonchev–Trinajstić information content (AvgIpc) is 3.03. The Balaban J connectivity index is 3.11. The van der Waals surface area contributed by atoms with Crippen LogP contribution >= 0.6 is 10.0 Å². The molecule has 1 aliphatic heterocycles. The molecule has 0 aromatic carbocycles. The van der Waals surface area contributed by atoms with E-state index in [2.05, 4.69) is 59.0 Å². The van der Waals surface area contributed by atoms with Gasteiger partial charge in [0.05, 0.1) is 6.04 Å². The Labute approximate surface area is 185 Å². The number of ketones is 1. The van der Waals surface area contributed by atoms with Crippen LogP contribution in [0.15, 0.2) is 0 Å². The first-order valence-electron chi connectivity index (χ1n) is 12.6. The second-order valence-electron chi connectivity index (χ2n) is 10.8. The fourth-order valence-electron chi connectivity index (χ4n) is 5.15. The lowest BCUT2D eigenvalue weighted by molar-refractivity contribution is -0.135. The van der Waals surface area contributed by atoms with Crippen molar-refractivity contribution >= 4 is 15.8 Å². The van der Waals surface area contributed by atoms with Gasteiger partial charge in [0.2, 0.25) is 0 Å². The predicted molar refractivity (Wildman–Crippen MR) is 134 cm³/mol. The Kier molecular flexibility index (Phi) is 11.3. The predicted octanol–water partition coefficient (Wildman–Crippen LogP) is 7.79. The van der Waals surface area contributed by atoms with E-state index in [1.807, 2.05) is 0 Å². The van der Waals surface area contributed by atoms with Crippen LogP contribution in [0.2, 0.25) is 0 Å². The number of unbranched alkanes of at least 4 members (excludes halogenated alkanes) is 5. The zero-order valence-electron chi connectivity index (χ0n) is 21.2. The number of hydrogen-bond acceptors (Lipinski definition) is 2. The van der Waals surface area contributed by atoms with Gasteiger partial charge in [-0.3, -0.25) is 9.69 Å². The normalized spacial score (nSPS) is 24.8. The van der Waals surface area contributed by atoms with Gasteiger partial charge in [0.25, 0.3) is 0 Å². The maximum absolute atomic E-state index is 14.1. The van der Waals surface area contributed by atoms with Crippen LogP contribution in [0, 0.1) is 5.41 Å². The summed E-state index contributed by atoms with van der Waals surface area (Å²) in [4.78, 5) is 16.8. The summed E-state index contributed by atoms with van der Waals surface area (Å²) >= 11 is 0. The number of rotatable bonds is 15.